The van der Waals surface area contributed by atoms with Crippen LogP contribution in [0, 0.1) is 0 Å². The second-order valence-corrected chi connectivity index (χ2v) is 7.11. The van der Waals surface area contributed by atoms with Crippen LogP contribution in [0.2, 0.25) is 0 Å². The smallest absolute Gasteiger partial charge is 0.163 e. The number of fused-ring (bicyclic) bond motifs is 1. The van der Waals surface area contributed by atoms with Crippen LogP contribution in [0.1, 0.15) is 31.5 Å². The zero-order valence-electron chi connectivity index (χ0n) is 15.1. The van der Waals surface area contributed by atoms with Gasteiger partial charge in [-0.15, -0.1) is 0 Å². The summed E-state index contributed by atoms with van der Waals surface area (Å²) in [5.41, 5.74) is 3.39. The Morgan fingerprint density at radius 3 is 2.80 bits per heavy atom. The van der Waals surface area contributed by atoms with Crippen LogP contribution in [0.4, 0.5) is 5.82 Å². The standard InChI is InChI=1S/C19H26N6/c1-14(2)24-7-4-8-25(10-9-24)19-16-12-21-13-17(16)22-18(23-19)15-5-3-6-20-11-15/h3,5-6,11,14,21H,4,7-10,12-13H2,1-2H3. The van der Waals surface area contributed by atoms with E-state index < -0.39 is 0 Å². The molecule has 4 rings (SSSR count). The highest BCUT2D eigenvalue weighted by atomic mass is 15.3. The first-order valence-corrected chi connectivity index (χ1v) is 9.22. The van der Waals surface area contributed by atoms with Crippen LogP contribution in [0.15, 0.2) is 24.5 Å². The average Bonchev–Trinajstić information content (AvgIpc) is 2.97. The molecule has 6 nitrogen and oxygen atoms in total. The van der Waals surface area contributed by atoms with E-state index in [1.54, 1.807) is 6.20 Å². The SMILES string of the molecule is CC(C)N1CCCN(c2nc(-c3cccnc3)nc3c2CNC3)CC1. The van der Waals surface area contributed by atoms with Gasteiger partial charge >= 0.3 is 0 Å². The molecule has 0 aromatic carbocycles. The summed E-state index contributed by atoms with van der Waals surface area (Å²) in [6, 6.07) is 4.57. The van der Waals surface area contributed by atoms with Crippen LogP contribution in [0.3, 0.4) is 0 Å². The predicted octanol–water partition coefficient (Wildman–Crippen LogP) is 2.06. The van der Waals surface area contributed by atoms with Crippen molar-refractivity contribution in [1.82, 2.24) is 25.2 Å². The fraction of sp³-hybridized carbons (Fsp3) is 0.526. The van der Waals surface area contributed by atoms with Crippen LogP contribution in [0.25, 0.3) is 11.4 Å². The maximum Gasteiger partial charge on any atom is 0.163 e. The second kappa shape index (κ2) is 7.06. The largest absolute Gasteiger partial charge is 0.355 e. The highest BCUT2D eigenvalue weighted by molar-refractivity contribution is 5.60. The maximum absolute atomic E-state index is 4.97. The van der Waals surface area contributed by atoms with Gasteiger partial charge in [0.1, 0.15) is 5.82 Å². The fourth-order valence-corrected chi connectivity index (χ4v) is 3.70. The monoisotopic (exact) mass is 338 g/mol. The minimum Gasteiger partial charge on any atom is -0.355 e. The van der Waals surface area contributed by atoms with Gasteiger partial charge in [0.15, 0.2) is 5.82 Å². The normalized spacial score (nSPS) is 18.4. The molecule has 4 heterocycles. The molecule has 132 valence electrons. The van der Waals surface area contributed by atoms with Crippen LogP contribution in [0.5, 0.6) is 0 Å². The molecule has 6 heteroatoms. The zero-order valence-corrected chi connectivity index (χ0v) is 15.1. The first kappa shape index (κ1) is 16.4. The Balaban J connectivity index is 1.68. The molecule has 0 aliphatic carbocycles. The Morgan fingerprint density at radius 1 is 1.08 bits per heavy atom. The van der Waals surface area contributed by atoms with E-state index in [0.29, 0.717) is 6.04 Å². The van der Waals surface area contributed by atoms with Gasteiger partial charge in [-0.2, -0.15) is 0 Å². The van der Waals surface area contributed by atoms with Gasteiger partial charge in [-0.3, -0.25) is 9.88 Å². The van der Waals surface area contributed by atoms with E-state index in [-0.39, 0.29) is 0 Å². The van der Waals surface area contributed by atoms with Crippen molar-refractivity contribution in [2.24, 2.45) is 0 Å². The van der Waals surface area contributed by atoms with E-state index >= 15 is 0 Å². The zero-order chi connectivity index (χ0) is 17.2. The lowest BCUT2D eigenvalue weighted by atomic mass is 10.2. The number of hydrogen-bond acceptors (Lipinski definition) is 6. The lowest BCUT2D eigenvalue weighted by molar-refractivity contribution is 0.238. The summed E-state index contributed by atoms with van der Waals surface area (Å²) in [6.45, 7) is 10.6. The van der Waals surface area contributed by atoms with Crippen LogP contribution in [-0.4, -0.2) is 52.1 Å². The molecule has 1 fully saturated rings. The molecule has 0 radical (unpaired) electrons. The fourth-order valence-electron chi connectivity index (χ4n) is 3.70. The third-order valence-corrected chi connectivity index (χ3v) is 5.15. The number of rotatable bonds is 3. The molecule has 25 heavy (non-hydrogen) atoms. The number of hydrogen-bond donors (Lipinski definition) is 1. The van der Waals surface area contributed by atoms with E-state index in [9.17, 15) is 0 Å². The summed E-state index contributed by atoms with van der Waals surface area (Å²) in [5, 5.41) is 3.43. The van der Waals surface area contributed by atoms with E-state index in [4.69, 9.17) is 9.97 Å². The highest BCUT2D eigenvalue weighted by Crippen LogP contribution is 2.28. The number of aromatic nitrogens is 3. The molecule has 0 bridgehead atoms. The first-order chi connectivity index (χ1) is 12.2. The van der Waals surface area contributed by atoms with Gasteiger partial charge < -0.3 is 10.2 Å². The minimum atomic E-state index is 0.601. The van der Waals surface area contributed by atoms with Crippen LogP contribution >= 0.6 is 0 Å². The molecular weight excluding hydrogens is 312 g/mol. The van der Waals surface area contributed by atoms with Gasteiger partial charge in [0.2, 0.25) is 0 Å². The Hall–Kier alpha value is -2.05. The Morgan fingerprint density at radius 2 is 2.00 bits per heavy atom. The van der Waals surface area contributed by atoms with Gasteiger partial charge in [0.25, 0.3) is 0 Å². The molecule has 2 aromatic rings. The average molecular weight is 338 g/mol. The number of pyridine rings is 1. The second-order valence-electron chi connectivity index (χ2n) is 7.11. The first-order valence-electron chi connectivity index (χ1n) is 9.22. The van der Waals surface area contributed by atoms with Crippen molar-refractivity contribution in [3.63, 3.8) is 0 Å². The van der Waals surface area contributed by atoms with Crippen molar-refractivity contribution < 1.29 is 0 Å². The van der Waals surface area contributed by atoms with Crippen LogP contribution < -0.4 is 10.2 Å². The quantitative estimate of drug-likeness (QED) is 0.924. The van der Waals surface area contributed by atoms with Crippen molar-refractivity contribution in [3.05, 3.63) is 35.8 Å². The van der Waals surface area contributed by atoms with E-state index in [2.05, 4.69) is 33.9 Å². The van der Waals surface area contributed by atoms with E-state index in [0.717, 1.165) is 62.2 Å². The lowest BCUT2D eigenvalue weighted by Crippen LogP contribution is -2.35. The van der Waals surface area contributed by atoms with Gasteiger partial charge in [-0.1, -0.05) is 0 Å². The number of nitrogens with one attached hydrogen (secondary N) is 1. The van der Waals surface area contributed by atoms with Crippen molar-refractivity contribution in [3.8, 4) is 11.4 Å². The lowest BCUT2D eigenvalue weighted by Gasteiger charge is -2.26. The molecule has 1 N–H and O–H groups in total. The van der Waals surface area contributed by atoms with Gasteiger partial charge in [-0.25, -0.2) is 9.97 Å². The molecule has 0 unspecified atom stereocenters. The maximum atomic E-state index is 4.97. The summed E-state index contributed by atoms with van der Waals surface area (Å²) >= 11 is 0. The molecule has 2 aliphatic heterocycles. The molecule has 0 saturated carbocycles. The van der Waals surface area contributed by atoms with Gasteiger partial charge in [-0.05, 0) is 32.4 Å². The summed E-state index contributed by atoms with van der Waals surface area (Å²) in [6.07, 6.45) is 4.80. The molecule has 2 aromatic heterocycles. The Bertz CT molecular complexity index is 730. The van der Waals surface area contributed by atoms with Crippen molar-refractivity contribution in [2.45, 2.75) is 39.4 Å². The molecular formula is C19H26N6. The third-order valence-electron chi connectivity index (χ3n) is 5.15. The van der Waals surface area contributed by atoms with Crippen LogP contribution in [-0.2, 0) is 13.1 Å². The number of anilines is 1. The van der Waals surface area contributed by atoms with Gasteiger partial charge in [0.05, 0.1) is 5.69 Å². The van der Waals surface area contributed by atoms with E-state index in [1.807, 2.05) is 18.3 Å². The van der Waals surface area contributed by atoms with Crippen molar-refractivity contribution >= 4 is 5.82 Å². The highest BCUT2D eigenvalue weighted by Gasteiger charge is 2.25. The van der Waals surface area contributed by atoms with Gasteiger partial charge in [0, 0.05) is 68.8 Å². The predicted molar refractivity (Wildman–Crippen MR) is 99.3 cm³/mol. The van der Waals surface area contributed by atoms with Crippen molar-refractivity contribution in [1.29, 1.82) is 0 Å². The summed E-state index contributed by atoms with van der Waals surface area (Å²) in [7, 11) is 0. The Kier molecular flexibility index (Phi) is 4.63. The third kappa shape index (κ3) is 3.37. The topological polar surface area (TPSA) is 57.2 Å². The molecule has 0 spiro atoms. The summed E-state index contributed by atoms with van der Waals surface area (Å²) in [4.78, 5) is 19.0. The molecule has 1 saturated heterocycles. The molecule has 2 aliphatic rings. The summed E-state index contributed by atoms with van der Waals surface area (Å²) < 4.78 is 0. The van der Waals surface area contributed by atoms with E-state index in [1.165, 1.54) is 12.0 Å². The van der Waals surface area contributed by atoms with Crippen molar-refractivity contribution in [2.75, 3.05) is 31.1 Å². The summed E-state index contributed by atoms with van der Waals surface area (Å²) in [5.74, 6) is 1.90. The minimum absolute atomic E-state index is 0.601. The number of nitrogens with zero attached hydrogens (tertiary/aromatic N) is 5. The molecule has 0 atom stereocenters. The Labute approximate surface area is 149 Å². The molecule has 0 amide bonds.